The molecule has 156 valence electrons. The normalized spacial score (nSPS) is 14.9. The Morgan fingerprint density at radius 3 is 1.50 bits per heavy atom. The molecule has 0 spiro atoms. The molecule has 2 nitrogen and oxygen atoms in total. The number of carbonyl (C=O) groups is 2. The Morgan fingerprint density at radius 1 is 0.786 bits per heavy atom. The van der Waals surface area contributed by atoms with E-state index in [2.05, 4.69) is 0 Å². The van der Waals surface area contributed by atoms with Gasteiger partial charge in [-0.05, 0) is 26.0 Å². The predicted octanol–water partition coefficient (Wildman–Crippen LogP) is 5.88. The van der Waals surface area contributed by atoms with Gasteiger partial charge in [-0.3, -0.25) is 4.79 Å². The summed E-state index contributed by atoms with van der Waals surface area (Å²) in [6.45, 7) is 4.00. The van der Waals surface area contributed by atoms with Gasteiger partial charge in [0.05, 0.1) is 16.5 Å². The van der Waals surface area contributed by atoms with Gasteiger partial charge in [0.15, 0.2) is 5.75 Å². The van der Waals surface area contributed by atoms with Crippen molar-refractivity contribution in [2.24, 2.45) is 0 Å². The van der Waals surface area contributed by atoms with Crippen molar-refractivity contribution in [2.75, 3.05) is 5.75 Å². The average Bonchev–Trinajstić information content (AvgIpc) is 2.57. The third-order valence-electron chi connectivity index (χ3n) is 3.20. The molecule has 0 aliphatic carbocycles. The van der Waals surface area contributed by atoms with E-state index in [0.717, 1.165) is 0 Å². The number of hydrogen-bond acceptors (Lipinski definition) is 2. The Kier molecular flexibility index (Phi) is 7.45. The van der Waals surface area contributed by atoms with E-state index in [9.17, 15) is 26.5 Å². The molecule has 0 radical (unpaired) electrons. The first-order chi connectivity index (χ1) is 12.5. The van der Waals surface area contributed by atoms with Gasteiger partial charge in [-0.2, -0.15) is 0 Å². The van der Waals surface area contributed by atoms with Crippen LogP contribution in [0.15, 0.2) is 60.7 Å². The van der Waals surface area contributed by atoms with Crippen LogP contribution in [0.25, 0.3) is 0 Å². The van der Waals surface area contributed by atoms with Gasteiger partial charge in [0, 0.05) is 5.56 Å². The van der Waals surface area contributed by atoms with Crippen LogP contribution < -0.4 is 0 Å². The van der Waals surface area contributed by atoms with Crippen LogP contribution in [-0.4, -0.2) is 41.4 Å². The van der Waals surface area contributed by atoms with Crippen LogP contribution in [0.5, 0.6) is 0 Å². The minimum absolute atomic E-state index is 0.0388. The third kappa shape index (κ3) is 11.4. The van der Waals surface area contributed by atoms with Gasteiger partial charge in [-0.15, -0.1) is 0 Å². The second-order valence-corrected chi connectivity index (χ2v) is 14.0. The SMILES string of the molecule is CC(C)[S+](CC(=O)c1ccccc1)C(=O)c1ccccc1.[F][Sb-]([F])([F])([F])([F])[F]. The van der Waals surface area contributed by atoms with E-state index >= 15 is 0 Å². The maximum atomic E-state index is 12.6. The summed E-state index contributed by atoms with van der Waals surface area (Å²) in [5, 5.41) is 0.236. The van der Waals surface area contributed by atoms with Crippen molar-refractivity contribution in [3.63, 3.8) is 0 Å². The zero-order valence-corrected chi connectivity index (χ0v) is 18.4. The second-order valence-electron chi connectivity index (χ2n) is 6.02. The van der Waals surface area contributed by atoms with Crippen molar-refractivity contribution in [3.8, 4) is 0 Å². The number of rotatable bonds is 5. The standard InChI is InChI=1S/C18H19O2S.6FH.Sb/c1-14(2)21(18(20)16-11-7-4-8-12-16)13-17(19)15-9-5-3-6-10-15;;;;;;;/h3-12,14H,13H2,1-2H3;6*1H;/q+1;;;;;;;+5/p-6. The summed E-state index contributed by atoms with van der Waals surface area (Å²) in [4.78, 5) is 25.0. The monoisotopic (exact) mass is 534 g/mol. The second kappa shape index (κ2) is 8.49. The van der Waals surface area contributed by atoms with Crippen LogP contribution >= 0.6 is 0 Å². The quantitative estimate of drug-likeness (QED) is 0.208. The van der Waals surface area contributed by atoms with Crippen molar-refractivity contribution >= 4 is 41.3 Å². The number of halogens is 6. The summed E-state index contributed by atoms with van der Waals surface area (Å²) in [5.74, 6) is 0.326. The Morgan fingerprint density at radius 2 is 1.14 bits per heavy atom. The first kappa shape index (κ1) is 24.6. The molecule has 0 fully saturated rings. The predicted molar refractivity (Wildman–Crippen MR) is 101 cm³/mol. The number of hydrogen-bond donors (Lipinski definition) is 0. The van der Waals surface area contributed by atoms with E-state index < -0.39 is 30.4 Å². The number of benzene rings is 2. The molecule has 0 aliphatic rings. The molecule has 1 unspecified atom stereocenters. The Hall–Kier alpha value is -1.47. The fourth-order valence-corrected chi connectivity index (χ4v) is 3.80. The van der Waals surface area contributed by atoms with Crippen LogP contribution in [0.4, 0.5) is 16.9 Å². The van der Waals surface area contributed by atoms with Gasteiger partial charge in [-0.25, -0.2) is 4.79 Å². The molecule has 2 aromatic carbocycles. The molecule has 2 aromatic rings. The Balaban J connectivity index is 0.000000480. The van der Waals surface area contributed by atoms with E-state index in [1.807, 2.05) is 62.4 Å². The topological polar surface area (TPSA) is 34.1 Å². The van der Waals surface area contributed by atoms with Crippen LogP contribution in [0.3, 0.4) is 0 Å². The van der Waals surface area contributed by atoms with Gasteiger partial charge in [0.2, 0.25) is 5.78 Å². The number of carbonyl (C=O) groups excluding carboxylic acids is 2. The van der Waals surface area contributed by atoms with E-state index in [1.54, 1.807) is 12.1 Å². The molecule has 0 saturated heterocycles. The molecule has 0 bridgehead atoms. The van der Waals surface area contributed by atoms with E-state index in [4.69, 9.17) is 0 Å². The molecule has 2 rings (SSSR count). The Labute approximate surface area is 164 Å². The molecule has 0 saturated carbocycles. The van der Waals surface area contributed by atoms with Crippen LogP contribution in [-0.2, 0) is 10.9 Å². The number of Topliss-reactive ketones (excluding diaryl/α,β-unsaturated/α-hetero) is 1. The summed E-state index contributed by atoms with van der Waals surface area (Å²) < 4.78 is 59.6. The van der Waals surface area contributed by atoms with Crippen molar-refractivity contribution in [1.29, 1.82) is 0 Å². The van der Waals surface area contributed by atoms with E-state index in [0.29, 0.717) is 11.1 Å². The fourth-order valence-electron chi connectivity index (χ4n) is 2.02. The summed E-state index contributed by atoms with van der Waals surface area (Å²) >= 11 is -11.2. The first-order valence-corrected chi connectivity index (χ1v) is 15.2. The fraction of sp³-hybridized carbons (Fsp3) is 0.222. The summed E-state index contributed by atoms with van der Waals surface area (Å²) in [6, 6.07) is 18.4. The van der Waals surface area contributed by atoms with E-state index in [1.165, 1.54) is 0 Å². The molecule has 0 aliphatic heterocycles. The molecular weight excluding hydrogens is 516 g/mol. The summed E-state index contributed by atoms with van der Waals surface area (Å²) in [7, 11) is -0.591. The van der Waals surface area contributed by atoms with Crippen LogP contribution in [0, 0.1) is 0 Å². The first-order valence-electron chi connectivity index (χ1n) is 7.98. The molecule has 10 heteroatoms. The molecule has 1 atom stereocenters. The van der Waals surface area contributed by atoms with Gasteiger partial charge in [-0.1, -0.05) is 48.5 Å². The van der Waals surface area contributed by atoms with Gasteiger partial charge in [0.25, 0.3) is 0 Å². The molecule has 0 heterocycles. The van der Waals surface area contributed by atoms with Crippen molar-refractivity contribution in [3.05, 3.63) is 71.8 Å². The van der Waals surface area contributed by atoms with Gasteiger partial charge in [0.1, 0.15) is 5.25 Å². The summed E-state index contributed by atoms with van der Waals surface area (Å²) in [5.41, 5.74) is 1.37. The Bertz CT molecular complexity index is 797. The van der Waals surface area contributed by atoms with Gasteiger partial charge < -0.3 is 0 Å². The zero-order valence-electron chi connectivity index (χ0n) is 15.0. The van der Waals surface area contributed by atoms with Crippen LogP contribution in [0.2, 0.25) is 0 Å². The van der Waals surface area contributed by atoms with Crippen molar-refractivity contribution < 1.29 is 26.5 Å². The molecular formula is C18H19F6O2SSb. The molecule has 28 heavy (non-hydrogen) atoms. The van der Waals surface area contributed by atoms with E-state index in [-0.39, 0.29) is 21.9 Å². The molecule has 0 N–H and O–H groups in total. The zero-order chi connectivity index (χ0) is 21.7. The minimum atomic E-state index is -11.2. The van der Waals surface area contributed by atoms with Crippen molar-refractivity contribution in [2.45, 2.75) is 19.1 Å². The maximum absolute atomic E-state index is 12.6. The van der Waals surface area contributed by atoms with Crippen LogP contribution in [0.1, 0.15) is 34.6 Å². The average molecular weight is 535 g/mol. The molecule has 0 amide bonds. The third-order valence-corrected chi connectivity index (χ3v) is 5.62. The summed E-state index contributed by atoms with van der Waals surface area (Å²) in [6.07, 6.45) is 0. The number of ketones is 1. The molecule has 0 aromatic heterocycles. The van der Waals surface area contributed by atoms with Crippen molar-refractivity contribution in [1.82, 2.24) is 0 Å². The van der Waals surface area contributed by atoms with Gasteiger partial charge >= 0.3 is 41.5 Å².